The molecule has 1 amide bonds. The highest BCUT2D eigenvalue weighted by atomic mass is 16.2. The number of piperidine rings is 1. The van der Waals surface area contributed by atoms with Gasteiger partial charge in [0.15, 0.2) is 0 Å². The molecule has 0 spiro atoms. The molecular weight excluding hydrogens is 302 g/mol. The van der Waals surface area contributed by atoms with Crippen molar-refractivity contribution in [1.82, 2.24) is 25.0 Å². The molecule has 2 fully saturated rings. The first kappa shape index (κ1) is 15.3. The van der Waals surface area contributed by atoms with Crippen LogP contribution in [0.25, 0.3) is 0 Å². The molecule has 2 aliphatic rings. The van der Waals surface area contributed by atoms with Gasteiger partial charge in [-0.05, 0) is 31.2 Å². The molecule has 1 aliphatic heterocycles. The molecule has 4 rings (SSSR count). The van der Waals surface area contributed by atoms with E-state index in [0.717, 1.165) is 44.3 Å². The zero-order valence-electron chi connectivity index (χ0n) is 13.7. The molecular formula is C18H23N5O. The van der Waals surface area contributed by atoms with Gasteiger partial charge >= 0.3 is 0 Å². The van der Waals surface area contributed by atoms with Crippen LogP contribution in [0, 0.1) is 0 Å². The summed E-state index contributed by atoms with van der Waals surface area (Å²) in [6.07, 6.45) is 7.58. The SMILES string of the molecule is O=C(NC1CC1)C(c1ccccc1)N1CCC(n2cncn2)CC1. The predicted octanol–water partition coefficient (Wildman–Crippen LogP) is 1.93. The number of carbonyl (C=O) groups is 1. The third-order valence-electron chi connectivity index (χ3n) is 4.96. The molecule has 1 saturated carbocycles. The lowest BCUT2D eigenvalue weighted by molar-refractivity contribution is -0.127. The van der Waals surface area contributed by atoms with Gasteiger partial charge in [0.05, 0.1) is 6.04 Å². The second kappa shape index (κ2) is 6.73. The van der Waals surface area contributed by atoms with Crippen LogP contribution in [0.15, 0.2) is 43.0 Å². The normalized spacial score (nSPS) is 20.7. The van der Waals surface area contributed by atoms with E-state index in [1.807, 2.05) is 22.9 Å². The highest BCUT2D eigenvalue weighted by Crippen LogP contribution is 2.30. The first-order valence-corrected chi connectivity index (χ1v) is 8.75. The summed E-state index contributed by atoms with van der Waals surface area (Å²) in [5.74, 6) is 0.142. The monoisotopic (exact) mass is 325 g/mol. The van der Waals surface area contributed by atoms with Crippen molar-refractivity contribution >= 4 is 5.91 Å². The summed E-state index contributed by atoms with van der Waals surface area (Å²) < 4.78 is 1.94. The Labute approximate surface area is 141 Å². The summed E-state index contributed by atoms with van der Waals surface area (Å²) in [7, 11) is 0. The van der Waals surface area contributed by atoms with Gasteiger partial charge in [-0.25, -0.2) is 9.67 Å². The summed E-state index contributed by atoms with van der Waals surface area (Å²) in [4.78, 5) is 19.2. The Morgan fingerprint density at radius 1 is 1.12 bits per heavy atom. The Kier molecular flexibility index (Phi) is 4.30. The standard InChI is InChI=1S/C18H23N5O/c24-18(21-15-6-7-15)17(14-4-2-1-3-5-14)22-10-8-16(9-11-22)23-13-19-12-20-23/h1-5,12-13,15-17H,6-11H2,(H,21,24). The van der Waals surface area contributed by atoms with Crippen LogP contribution < -0.4 is 5.32 Å². The van der Waals surface area contributed by atoms with Crippen molar-refractivity contribution in [1.29, 1.82) is 0 Å². The Balaban J connectivity index is 1.48. The average molecular weight is 325 g/mol. The van der Waals surface area contributed by atoms with Gasteiger partial charge in [-0.2, -0.15) is 5.10 Å². The fourth-order valence-electron chi connectivity index (χ4n) is 3.49. The molecule has 1 N–H and O–H groups in total. The van der Waals surface area contributed by atoms with Crippen LogP contribution in [0.3, 0.4) is 0 Å². The van der Waals surface area contributed by atoms with Gasteiger partial charge in [0.1, 0.15) is 18.7 Å². The summed E-state index contributed by atoms with van der Waals surface area (Å²) in [6.45, 7) is 1.78. The van der Waals surface area contributed by atoms with Crippen molar-refractivity contribution in [3.63, 3.8) is 0 Å². The largest absolute Gasteiger partial charge is 0.352 e. The van der Waals surface area contributed by atoms with Crippen LogP contribution in [0.5, 0.6) is 0 Å². The summed E-state index contributed by atoms with van der Waals surface area (Å²) in [6, 6.07) is 10.7. The fourth-order valence-corrected chi connectivity index (χ4v) is 3.49. The summed E-state index contributed by atoms with van der Waals surface area (Å²) in [5.41, 5.74) is 1.08. The van der Waals surface area contributed by atoms with E-state index in [1.165, 1.54) is 0 Å². The smallest absolute Gasteiger partial charge is 0.242 e. The predicted molar refractivity (Wildman–Crippen MR) is 90.2 cm³/mol. The van der Waals surface area contributed by atoms with Gasteiger partial charge in [-0.1, -0.05) is 30.3 Å². The Morgan fingerprint density at radius 3 is 2.50 bits per heavy atom. The Hall–Kier alpha value is -2.21. The summed E-state index contributed by atoms with van der Waals surface area (Å²) >= 11 is 0. The maximum atomic E-state index is 12.8. The van der Waals surface area contributed by atoms with E-state index in [4.69, 9.17) is 0 Å². The highest BCUT2D eigenvalue weighted by Gasteiger charge is 2.34. The minimum atomic E-state index is -0.191. The lowest BCUT2D eigenvalue weighted by Crippen LogP contribution is -2.45. The number of likely N-dealkylation sites (tertiary alicyclic amines) is 1. The molecule has 126 valence electrons. The second-order valence-corrected chi connectivity index (χ2v) is 6.74. The van der Waals surface area contributed by atoms with Crippen molar-refractivity contribution < 1.29 is 4.79 Å². The van der Waals surface area contributed by atoms with Crippen LogP contribution in [-0.2, 0) is 4.79 Å². The van der Waals surface area contributed by atoms with Gasteiger partial charge in [0.25, 0.3) is 0 Å². The van der Waals surface area contributed by atoms with E-state index in [-0.39, 0.29) is 11.9 Å². The molecule has 1 aromatic carbocycles. The highest BCUT2D eigenvalue weighted by molar-refractivity contribution is 5.83. The number of carbonyl (C=O) groups excluding carboxylic acids is 1. The third-order valence-corrected chi connectivity index (χ3v) is 4.96. The van der Waals surface area contributed by atoms with E-state index >= 15 is 0 Å². The third kappa shape index (κ3) is 3.33. The molecule has 1 aliphatic carbocycles. The average Bonchev–Trinajstić information content (AvgIpc) is 3.25. The van der Waals surface area contributed by atoms with E-state index in [2.05, 4.69) is 32.4 Å². The topological polar surface area (TPSA) is 63.1 Å². The van der Waals surface area contributed by atoms with Crippen LogP contribution >= 0.6 is 0 Å². The quantitative estimate of drug-likeness (QED) is 0.912. The van der Waals surface area contributed by atoms with Crippen molar-refractivity contribution in [2.45, 2.75) is 43.8 Å². The number of benzene rings is 1. The Morgan fingerprint density at radius 2 is 1.88 bits per heavy atom. The number of hydrogen-bond acceptors (Lipinski definition) is 4. The molecule has 2 aromatic rings. The van der Waals surface area contributed by atoms with Gasteiger partial charge in [0.2, 0.25) is 5.91 Å². The zero-order chi connectivity index (χ0) is 16.4. The number of rotatable bonds is 5. The van der Waals surface area contributed by atoms with Crippen LogP contribution in [0.1, 0.15) is 43.3 Å². The molecule has 24 heavy (non-hydrogen) atoms. The number of nitrogens with zero attached hydrogens (tertiary/aromatic N) is 4. The minimum Gasteiger partial charge on any atom is -0.352 e. The van der Waals surface area contributed by atoms with E-state index in [9.17, 15) is 4.79 Å². The van der Waals surface area contributed by atoms with Crippen molar-refractivity contribution in [2.75, 3.05) is 13.1 Å². The molecule has 1 unspecified atom stereocenters. The first-order valence-electron chi connectivity index (χ1n) is 8.75. The van der Waals surface area contributed by atoms with E-state index in [0.29, 0.717) is 12.1 Å². The van der Waals surface area contributed by atoms with Crippen molar-refractivity contribution in [3.8, 4) is 0 Å². The Bertz CT molecular complexity index is 660. The molecule has 2 heterocycles. The van der Waals surface area contributed by atoms with Gasteiger partial charge in [-0.3, -0.25) is 9.69 Å². The fraction of sp³-hybridized carbons (Fsp3) is 0.500. The second-order valence-electron chi connectivity index (χ2n) is 6.74. The minimum absolute atomic E-state index is 0.142. The van der Waals surface area contributed by atoms with E-state index < -0.39 is 0 Å². The van der Waals surface area contributed by atoms with Crippen molar-refractivity contribution in [3.05, 3.63) is 48.5 Å². The number of nitrogens with one attached hydrogen (secondary N) is 1. The lowest BCUT2D eigenvalue weighted by Gasteiger charge is -2.37. The maximum absolute atomic E-state index is 12.8. The zero-order valence-corrected chi connectivity index (χ0v) is 13.7. The molecule has 1 aromatic heterocycles. The number of aromatic nitrogens is 3. The lowest BCUT2D eigenvalue weighted by atomic mass is 9.98. The van der Waals surface area contributed by atoms with Gasteiger partial charge < -0.3 is 5.32 Å². The van der Waals surface area contributed by atoms with Crippen LogP contribution in [0.4, 0.5) is 0 Å². The molecule has 0 radical (unpaired) electrons. The number of amides is 1. The maximum Gasteiger partial charge on any atom is 0.242 e. The van der Waals surface area contributed by atoms with Gasteiger partial charge in [0, 0.05) is 19.1 Å². The molecule has 0 bridgehead atoms. The molecule has 1 saturated heterocycles. The molecule has 6 nitrogen and oxygen atoms in total. The molecule has 6 heteroatoms. The van der Waals surface area contributed by atoms with Crippen molar-refractivity contribution in [2.24, 2.45) is 0 Å². The first-order chi connectivity index (χ1) is 11.8. The van der Waals surface area contributed by atoms with Crippen LogP contribution in [-0.4, -0.2) is 44.7 Å². The van der Waals surface area contributed by atoms with E-state index in [1.54, 1.807) is 12.7 Å². The number of hydrogen-bond donors (Lipinski definition) is 1. The molecule has 1 atom stereocenters. The van der Waals surface area contributed by atoms with Gasteiger partial charge in [-0.15, -0.1) is 0 Å². The van der Waals surface area contributed by atoms with Crippen LogP contribution in [0.2, 0.25) is 0 Å². The summed E-state index contributed by atoms with van der Waals surface area (Å²) in [5, 5.41) is 7.44.